The van der Waals surface area contributed by atoms with E-state index in [1.54, 1.807) is 0 Å². The number of aliphatic carboxylic acids is 2. The van der Waals surface area contributed by atoms with Gasteiger partial charge in [0.1, 0.15) is 0 Å². The minimum atomic E-state index is -1.08. The Balaban J connectivity index is -0.0000000720. The third kappa shape index (κ3) is 804. The maximum Gasteiger partial charge on any atom is 3.00 e. The Morgan fingerprint density at radius 1 is 1.00 bits per heavy atom. The van der Waals surface area contributed by atoms with E-state index < -0.39 is 11.9 Å². The number of carboxylic acid groups (broad SMARTS) is 2. The zero-order valence-corrected chi connectivity index (χ0v) is 6.32. The van der Waals surface area contributed by atoms with Gasteiger partial charge < -0.3 is 19.8 Å². The molecule has 0 bridgehead atoms. The van der Waals surface area contributed by atoms with Gasteiger partial charge in [-0.15, -0.1) is 0 Å². The average molecular weight is 170 g/mol. The van der Waals surface area contributed by atoms with Crippen molar-refractivity contribution in [1.82, 2.24) is 0 Å². The maximum atomic E-state index is 8.89. The molecule has 1 radical (unpaired) electrons. The van der Waals surface area contributed by atoms with Crippen LogP contribution in [0.25, 0.3) is 0 Å². The fourth-order valence-corrected chi connectivity index (χ4v) is 0. The van der Waals surface area contributed by atoms with E-state index in [9.17, 15) is 0 Å². The van der Waals surface area contributed by atoms with E-state index in [1.165, 1.54) is 0 Å². The summed E-state index contributed by atoms with van der Waals surface area (Å²) in [4.78, 5) is 17.8. The SMILES string of the molecule is CC(=O)[O-].CC(=O)[O-].[Cr+3]. The number of hydrogen-bond acceptors (Lipinski definition) is 4. The summed E-state index contributed by atoms with van der Waals surface area (Å²) in [5.74, 6) is -2.17. The van der Waals surface area contributed by atoms with Crippen LogP contribution in [-0.2, 0) is 27.0 Å². The van der Waals surface area contributed by atoms with Gasteiger partial charge in [-0.2, -0.15) is 0 Å². The van der Waals surface area contributed by atoms with E-state index in [0.29, 0.717) is 0 Å². The van der Waals surface area contributed by atoms with E-state index in [-0.39, 0.29) is 17.4 Å². The second-order valence-electron chi connectivity index (χ2n) is 0.983. The van der Waals surface area contributed by atoms with Gasteiger partial charge in [0.25, 0.3) is 0 Å². The van der Waals surface area contributed by atoms with E-state index in [0.717, 1.165) is 13.8 Å². The molecule has 0 aliphatic heterocycles. The van der Waals surface area contributed by atoms with E-state index in [1.807, 2.05) is 0 Å². The molecule has 0 aliphatic carbocycles. The van der Waals surface area contributed by atoms with E-state index >= 15 is 0 Å². The van der Waals surface area contributed by atoms with Gasteiger partial charge in [0.15, 0.2) is 0 Å². The van der Waals surface area contributed by atoms with Gasteiger partial charge in [-0.25, -0.2) is 0 Å². The van der Waals surface area contributed by atoms with Gasteiger partial charge in [0, 0.05) is 11.9 Å². The van der Waals surface area contributed by atoms with Crippen LogP contribution in [0.15, 0.2) is 0 Å². The van der Waals surface area contributed by atoms with Crippen molar-refractivity contribution in [3.8, 4) is 0 Å². The van der Waals surface area contributed by atoms with Gasteiger partial charge in [0.05, 0.1) is 0 Å². The van der Waals surface area contributed by atoms with Crippen LogP contribution in [-0.4, -0.2) is 11.9 Å². The second-order valence-corrected chi connectivity index (χ2v) is 0.983. The summed E-state index contributed by atoms with van der Waals surface area (Å²) in [6, 6.07) is 0. The summed E-state index contributed by atoms with van der Waals surface area (Å²) in [6.45, 7) is 1.94. The van der Waals surface area contributed by atoms with E-state index in [4.69, 9.17) is 19.8 Å². The second kappa shape index (κ2) is 10.5. The first kappa shape index (κ1) is 15.8. The Kier molecular flexibility index (Phi) is 18.3. The zero-order valence-electron chi connectivity index (χ0n) is 5.04. The molecule has 0 heterocycles. The Bertz CT molecular complexity index is 70.6. The Hall–Kier alpha value is -0.528. The molecule has 0 aliphatic rings. The van der Waals surface area contributed by atoms with Crippen molar-refractivity contribution in [3.63, 3.8) is 0 Å². The Morgan fingerprint density at radius 3 is 1.00 bits per heavy atom. The third-order valence-corrected chi connectivity index (χ3v) is 0. The molecule has 0 amide bonds. The first-order valence-corrected chi connectivity index (χ1v) is 1.82. The molecule has 0 saturated carbocycles. The van der Waals surface area contributed by atoms with E-state index in [2.05, 4.69) is 0 Å². The summed E-state index contributed by atoms with van der Waals surface area (Å²) < 4.78 is 0. The molecule has 0 rings (SSSR count). The van der Waals surface area contributed by atoms with Crippen molar-refractivity contribution in [2.45, 2.75) is 13.8 Å². The van der Waals surface area contributed by atoms with Crippen LogP contribution in [0.3, 0.4) is 0 Å². The first-order chi connectivity index (χ1) is 3.46. The van der Waals surface area contributed by atoms with Crippen molar-refractivity contribution in [2.24, 2.45) is 0 Å². The van der Waals surface area contributed by atoms with Crippen LogP contribution < -0.4 is 10.2 Å². The molecule has 0 aromatic heterocycles. The number of carbonyl (C=O) groups excluding carboxylic acids is 2. The fourth-order valence-electron chi connectivity index (χ4n) is 0. The van der Waals surface area contributed by atoms with Crippen molar-refractivity contribution in [2.75, 3.05) is 0 Å². The summed E-state index contributed by atoms with van der Waals surface area (Å²) in [7, 11) is 0. The standard InChI is InChI=1S/2C2H4O2.Cr/c2*1-2(3)4;/h2*1H3,(H,3,4);/q;;+3/p-2. The smallest absolute Gasteiger partial charge is 0.550 e. The van der Waals surface area contributed by atoms with Gasteiger partial charge in [-0.05, 0) is 13.8 Å². The van der Waals surface area contributed by atoms with Crippen LogP contribution >= 0.6 is 0 Å². The van der Waals surface area contributed by atoms with Crippen molar-refractivity contribution >= 4 is 11.9 Å². The topological polar surface area (TPSA) is 80.3 Å². The third-order valence-electron chi connectivity index (χ3n) is 0. The Labute approximate surface area is 63.6 Å². The molecule has 0 saturated heterocycles. The molecule has 0 aromatic rings. The summed E-state index contributed by atoms with van der Waals surface area (Å²) in [6.07, 6.45) is 0. The number of carboxylic acids is 2. The fraction of sp³-hybridized carbons (Fsp3) is 0.500. The quantitative estimate of drug-likeness (QED) is 0.402. The normalized spacial score (nSPS) is 5.56. The van der Waals surface area contributed by atoms with Crippen LogP contribution in [0, 0.1) is 0 Å². The molecular formula is C4H6CrO4+. The number of carbonyl (C=O) groups is 2. The van der Waals surface area contributed by atoms with Crippen LogP contribution in [0.5, 0.6) is 0 Å². The monoisotopic (exact) mass is 170 g/mol. The maximum absolute atomic E-state index is 8.89. The van der Waals surface area contributed by atoms with Gasteiger partial charge in [-0.3, -0.25) is 0 Å². The minimum Gasteiger partial charge on any atom is -0.550 e. The molecule has 0 unspecified atom stereocenters. The van der Waals surface area contributed by atoms with Gasteiger partial charge in [0.2, 0.25) is 0 Å². The molecule has 0 atom stereocenters. The van der Waals surface area contributed by atoms with Crippen molar-refractivity contribution < 1.29 is 37.2 Å². The number of hydrogen-bond donors (Lipinski definition) is 0. The largest absolute Gasteiger partial charge is 3.00 e. The molecule has 9 heavy (non-hydrogen) atoms. The van der Waals surface area contributed by atoms with Crippen molar-refractivity contribution in [3.05, 3.63) is 0 Å². The average Bonchev–Trinajstić information content (AvgIpc) is 1.25. The molecule has 0 aromatic carbocycles. The van der Waals surface area contributed by atoms with Gasteiger partial charge >= 0.3 is 17.4 Å². The molecule has 0 spiro atoms. The summed E-state index contributed by atoms with van der Waals surface area (Å²) in [5.41, 5.74) is 0. The molecule has 0 N–H and O–H groups in total. The number of rotatable bonds is 0. The van der Waals surface area contributed by atoms with Crippen molar-refractivity contribution in [1.29, 1.82) is 0 Å². The molecule has 4 nitrogen and oxygen atoms in total. The molecule has 0 fully saturated rings. The first-order valence-electron chi connectivity index (χ1n) is 1.82. The predicted molar refractivity (Wildman–Crippen MR) is 21.4 cm³/mol. The molecule has 51 valence electrons. The van der Waals surface area contributed by atoms with Crippen LogP contribution in [0.2, 0.25) is 0 Å². The van der Waals surface area contributed by atoms with Crippen LogP contribution in [0.1, 0.15) is 13.8 Å². The summed E-state index contributed by atoms with van der Waals surface area (Å²) >= 11 is 0. The summed E-state index contributed by atoms with van der Waals surface area (Å²) in [5, 5.41) is 17.8. The van der Waals surface area contributed by atoms with Gasteiger partial charge in [-0.1, -0.05) is 0 Å². The minimum absolute atomic E-state index is 0. The zero-order chi connectivity index (χ0) is 7.15. The Morgan fingerprint density at radius 2 is 1.00 bits per heavy atom. The van der Waals surface area contributed by atoms with Crippen LogP contribution in [0.4, 0.5) is 0 Å². The molecular weight excluding hydrogens is 164 g/mol. The molecule has 5 heteroatoms. The predicted octanol–water partition coefficient (Wildman–Crippen LogP) is -2.49.